The van der Waals surface area contributed by atoms with Crippen LogP contribution in [-0.4, -0.2) is 46.5 Å². The van der Waals surface area contributed by atoms with Crippen LogP contribution in [-0.2, 0) is 4.79 Å². The van der Waals surface area contributed by atoms with Gasteiger partial charge in [-0.3, -0.25) is 9.59 Å². The Labute approximate surface area is 159 Å². The number of benzene rings is 1. The van der Waals surface area contributed by atoms with Gasteiger partial charge in [-0.25, -0.2) is 0 Å². The van der Waals surface area contributed by atoms with Crippen molar-refractivity contribution in [3.63, 3.8) is 0 Å². The average molecular weight is 374 g/mol. The van der Waals surface area contributed by atoms with Gasteiger partial charge in [0.1, 0.15) is 6.04 Å². The summed E-state index contributed by atoms with van der Waals surface area (Å²) in [6.45, 7) is 0. The van der Waals surface area contributed by atoms with E-state index in [4.69, 9.17) is 5.73 Å². The summed E-state index contributed by atoms with van der Waals surface area (Å²) >= 11 is 1.65. The zero-order chi connectivity index (χ0) is 18.1. The number of amides is 2. The molecule has 3 unspecified atom stereocenters. The van der Waals surface area contributed by atoms with E-state index in [1.54, 1.807) is 16.7 Å². The third-order valence-corrected chi connectivity index (χ3v) is 7.16. The molecule has 3 atom stereocenters. The summed E-state index contributed by atoms with van der Waals surface area (Å²) in [5, 5.41) is 3.32. The number of thioether (sulfide) groups is 1. The van der Waals surface area contributed by atoms with Crippen LogP contribution in [0.5, 0.6) is 0 Å². The van der Waals surface area contributed by atoms with Crippen LogP contribution in [0.2, 0.25) is 0 Å². The molecule has 1 aromatic rings. The Morgan fingerprint density at radius 2 is 1.81 bits per heavy atom. The second kappa shape index (κ2) is 7.61. The van der Waals surface area contributed by atoms with E-state index in [9.17, 15) is 9.59 Å². The Morgan fingerprint density at radius 1 is 1.12 bits per heavy atom. The molecule has 26 heavy (non-hydrogen) atoms. The Kier molecular flexibility index (Phi) is 5.23. The molecule has 2 aliphatic carbocycles. The molecule has 1 aromatic carbocycles. The molecule has 2 bridgehead atoms. The quantitative estimate of drug-likeness (QED) is 0.852. The fourth-order valence-corrected chi connectivity index (χ4v) is 6.05. The van der Waals surface area contributed by atoms with Crippen molar-refractivity contribution in [1.29, 1.82) is 0 Å². The maximum Gasteiger partial charge on any atom is 0.255 e. The number of carbonyl (C=O) groups excluding carboxylic acids is 2. The van der Waals surface area contributed by atoms with Crippen molar-refractivity contribution < 1.29 is 9.59 Å². The molecule has 2 amide bonds. The predicted molar refractivity (Wildman–Crippen MR) is 104 cm³/mol. The third kappa shape index (κ3) is 3.49. The van der Waals surface area contributed by atoms with Gasteiger partial charge in [0.15, 0.2) is 0 Å². The number of nitrogens with two attached hydrogens (primary N) is 1. The van der Waals surface area contributed by atoms with E-state index >= 15 is 0 Å². The topological polar surface area (TPSA) is 75.4 Å². The number of rotatable bonds is 3. The maximum atomic E-state index is 13.0. The van der Waals surface area contributed by atoms with Crippen molar-refractivity contribution in [1.82, 2.24) is 10.2 Å². The highest BCUT2D eigenvalue weighted by atomic mass is 32.2. The van der Waals surface area contributed by atoms with Crippen LogP contribution in [0.3, 0.4) is 0 Å². The molecule has 6 heteroatoms. The van der Waals surface area contributed by atoms with Crippen molar-refractivity contribution in [2.45, 2.75) is 50.2 Å². The van der Waals surface area contributed by atoms with Crippen LogP contribution in [0, 0.1) is 11.8 Å². The Balaban J connectivity index is 1.45. The zero-order valence-electron chi connectivity index (χ0n) is 15.0. The van der Waals surface area contributed by atoms with Gasteiger partial charge in [0.25, 0.3) is 5.91 Å². The van der Waals surface area contributed by atoms with E-state index in [1.807, 2.05) is 30.3 Å². The average Bonchev–Trinajstić information content (AvgIpc) is 3.12. The van der Waals surface area contributed by atoms with E-state index in [1.165, 1.54) is 6.42 Å². The molecular weight excluding hydrogens is 346 g/mol. The van der Waals surface area contributed by atoms with Crippen molar-refractivity contribution >= 4 is 23.6 Å². The highest BCUT2D eigenvalue weighted by Gasteiger charge is 2.42. The zero-order valence-corrected chi connectivity index (χ0v) is 15.8. The molecule has 0 aromatic heterocycles. The molecule has 0 radical (unpaired) electrons. The van der Waals surface area contributed by atoms with Crippen molar-refractivity contribution in [3.05, 3.63) is 35.9 Å². The molecule has 3 fully saturated rings. The minimum absolute atomic E-state index is 0.0108. The smallest absolute Gasteiger partial charge is 0.255 e. The lowest BCUT2D eigenvalue weighted by Crippen LogP contribution is -2.57. The van der Waals surface area contributed by atoms with Gasteiger partial charge in [0, 0.05) is 23.4 Å². The maximum absolute atomic E-state index is 13.0. The molecule has 140 valence electrons. The number of carbonyl (C=O) groups is 2. The van der Waals surface area contributed by atoms with Crippen molar-refractivity contribution in [2.24, 2.45) is 17.6 Å². The van der Waals surface area contributed by atoms with E-state index < -0.39 is 0 Å². The second-order valence-corrected chi connectivity index (χ2v) is 8.87. The van der Waals surface area contributed by atoms with Gasteiger partial charge in [-0.2, -0.15) is 0 Å². The molecule has 4 rings (SSSR count). The van der Waals surface area contributed by atoms with Gasteiger partial charge in [0.2, 0.25) is 5.91 Å². The number of nitrogens with zero attached hydrogens (tertiary/aromatic N) is 1. The Bertz CT molecular complexity index is 654. The number of hydrogen-bond acceptors (Lipinski definition) is 4. The van der Waals surface area contributed by atoms with Gasteiger partial charge in [-0.1, -0.05) is 24.6 Å². The summed E-state index contributed by atoms with van der Waals surface area (Å²) in [6, 6.07) is 9.37. The molecular formula is C20H27N3O2S. The van der Waals surface area contributed by atoms with Crippen LogP contribution in [0.15, 0.2) is 30.3 Å². The number of nitrogens with one attached hydrogen (secondary N) is 1. The molecule has 1 saturated heterocycles. The number of fused-ring (bicyclic) bond motifs is 2. The molecule has 3 N–H and O–H groups in total. The highest BCUT2D eigenvalue weighted by Crippen LogP contribution is 2.40. The summed E-state index contributed by atoms with van der Waals surface area (Å²) < 4.78 is 0. The monoisotopic (exact) mass is 373 g/mol. The first-order chi connectivity index (χ1) is 12.6. The SMILES string of the molecule is NC1CC2CCCC(C1)C2NC(=O)C1CSCN1C(=O)c1ccccc1. The summed E-state index contributed by atoms with van der Waals surface area (Å²) in [6.07, 6.45) is 5.57. The lowest BCUT2D eigenvalue weighted by atomic mass is 9.67. The van der Waals surface area contributed by atoms with E-state index in [0.717, 1.165) is 25.7 Å². The first-order valence-corrected chi connectivity index (χ1v) is 10.8. The predicted octanol–water partition coefficient (Wildman–Crippen LogP) is 2.22. The van der Waals surface area contributed by atoms with Crippen molar-refractivity contribution in [3.8, 4) is 0 Å². The first-order valence-electron chi connectivity index (χ1n) is 9.63. The van der Waals surface area contributed by atoms with Gasteiger partial charge in [0.05, 0.1) is 5.88 Å². The van der Waals surface area contributed by atoms with E-state index in [-0.39, 0.29) is 29.9 Å². The van der Waals surface area contributed by atoms with Gasteiger partial charge < -0.3 is 16.0 Å². The van der Waals surface area contributed by atoms with Crippen LogP contribution < -0.4 is 11.1 Å². The van der Waals surface area contributed by atoms with E-state index in [2.05, 4.69) is 5.32 Å². The fourth-order valence-electron chi connectivity index (χ4n) is 4.89. The first kappa shape index (κ1) is 17.9. The Hall–Kier alpha value is -1.53. The molecule has 1 heterocycles. The molecule has 2 saturated carbocycles. The van der Waals surface area contributed by atoms with Gasteiger partial charge in [-0.05, 0) is 49.7 Å². The highest BCUT2D eigenvalue weighted by molar-refractivity contribution is 7.99. The standard InChI is InChI=1S/C20H27N3O2S/c21-16-9-14-7-4-8-15(10-16)18(14)22-19(24)17-11-26-12-23(17)20(25)13-5-2-1-3-6-13/h1-3,5-6,14-18H,4,7-12,21H2,(H,22,24). The lowest BCUT2D eigenvalue weighted by Gasteiger charge is -2.45. The minimum Gasteiger partial charge on any atom is -0.351 e. The van der Waals surface area contributed by atoms with Gasteiger partial charge >= 0.3 is 0 Å². The summed E-state index contributed by atoms with van der Waals surface area (Å²) in [5.41, 5.74) is 6.84. The summed E-state index contributed by atoms with van der Waals surface area (Å²) in [5.74, 6) is 2.20. The second-order valence-electron chi connectivity index (χ2n) is 7.87. The van der Waals surface area contributed by atoms with Gasteiger partial charge in [-0.15, -0.1) is 11.8 Å². The molecule has 5 nitrogen and oxygen atoms in total. The lowest BCUT2D eigenvalue weighted by molar-refractivity contribution is -0.126. The summed E-state index contributed by atoms with van der Waals surface area (Å²) in [4.78, 5) is 27.6. The number of hydrogen-bond donors (Lipinski definition) is 2. The molecule has 3 aliphatic rings. The molecule has 0 spiro atoms. The minimum atomic E-state index is -0.371. The van der Waals surface area contributed by atoms with Crippen LogP contribution in [0.1, 0.15) is 42.5 Å². The largest absolute Gasteiger partial charge is 0.351 e. The van der Waals surface area contributed by atoms with Crippen LogP contribution in [0.25, 0.3) is 0 Å². The van der Waals surface area contributed by atoms with Crippen LogP contribution >= 0.6 is 11.8 Å². The normalized spacial score (nSPS) is 33.7. The van der Waals surface area contributed by atoms with E-state index in [0.29, 0.717) is 29.0 Å². The van der Waals surface area contributed by atoms with Crippen molar-refractivity contribution in [2.75, 3.05) is 11.6 Å². The summed E-state index contributed by atoms with van der Waals surface area (Å²) in [7, 11) is 0. The third-order valence-electron chi connectivity index (χ3n) is 6.15. The Morgan fingerprint density at radius 3 is 2.50 bits per heavy atom. The fraction of sp³-hybridized carbons (Fsp3) is 0.600. The van der Waals surface area contributed by atoms with Crippen LogP contribution in [0.4, 0.5) is 0 Å². The molecule has 1 aliphatic heterocycles.